The van der Waals surface area contributed by atoms with Crippen LogP contribution in [0.1, 0.15) is 44.9 Å². The summed E-state index contributed by atoms with van der Waals surface area (Å²) in [5, 5.41) is 0. The zero-order chi connectivity index (χ0) is 16.3. The summed E-state index contributed by atoms with van der Waals surface area (Å²) in [5.41, 5.74) is 0. The standard InChI is InChI=1S/C16H31N3O3S/c1-22-16-7-13-19(14-8-16)23(20,21)18-11-5-15(6-12-18)17-9-3-2-4-10-17/h15-16H,2-14H2,1H3. The summed E-state index contributed by atoms with van der Waals surface area (Å²) in [5.74, 6) is 0. The van der Waals surface area contributed by atoms with Crippen LogP contribution in [0.15, 0.2) is 0 Å². The van der Waals surface area contributed by atoms with E-state index < -0.39 is 10.2 Å². The lowest BCUT2D eigenvalue weighted by Crippen LogP contribution is -2.53. The molecule has 0 radical (unpaired) electrons. The highest BCUT2D eigenvalue weighted by Crippen LogP contribution is 2.25. The number of nitrogens with zero attached hydrogens (tertiary/aromatic N) is 3. The number of hydrogen-bond donors (Lipinski definition) is 0. The first-order chi connectivity index (χ1) is 11.1. The maximum Gasteiger partial charge on any atom is 0.281 e. The molecular weight excluding hydrogens is 314 g/mol. The zero-order valence-corrected chi connectivity index (χ0v) is 15.1. The Bertz CT molecular complexity index is 463. The quantitative estimate of drug-likeness (QED) is 0.770. The Morgan fingerprint density at radius 3 is 1.83 bits per heavy atom. The van der Waals surface area contributed by atoms with Crippen LogP contribution in [0.25, 0.3) is 0 Å². The van der Waals surface area contributed by atoms with Crippen molar-refractivity contribution >= 4 is 10.2 Å². The molecule has 0 aromatic rings. The summed E-state index contributed by atoms with van der Waals surface area (Å²) >= 11 is 0. The fraction of sp³-hybridized carbons (Fsp3) is 1.00. The van der Waals surface area contributed by atoms with Gasteiger partial charge in [0.15, 0.2) is 0 Å². The van der Waals surface area contributed by atoms with Gasteiger partial charge in [0.2, 0.25) is 0 Å². The highest BCUT2D eigenvalue weighted by Gasteiger charge is 2.36. The maximum atomic E-state index is 12.8. The van der Waals surface area contributed by atoms with Crippen molar-refractivity contribution in [3.8, 4) is 0 Å². The molecule has 6 nitrogen and oxygen atoms in total. The van der Waals surface area contributed by atoms with Gasteiger partial charge in [0.1, 0.15) is 0 Å². The minimum absolute atomic E-state index is 0.214. The Kier molecular flexibility index (Phi) is 5.96. The molecule has 0 aromatic carbocycles. The summed E-state index contributed by atoms with van der Waals surface area (Å²) in [7, 11) is -1.57. The lowest BCUT2D eigenvalue weighted by molar-refractivity contribution is 0.0581. The summed E-state index contributed by atoms with van der Waals surface area (Å²) in [6, 6.07) is 0.584. The van der Waals surface area contributed by atoms with Crippen molar-refractivity contribution in [1.29, 1.82) is 0 Å². The van der Waals surface area contributed by atoms with Gasteiger partial charge in [-0.1, -0.05) is 6.42 Å². The van der Waals surface area contributed by atoms with E-state index in [-0.39, 0.29) is 6.10 Å². The number of ether oxygens (including phenoxy) is 1. The van der Waals surface area contributed by atoms with Crippen LogP contribution in [-0.4, -0.2) is 80.5 Å². The smallest absolute Gasteiger partial charge is 0.281 e. The molecule has 3 aliphatic rings. The summed E-state index contributed by atoms with van der Waals surface area (Å²) in [6.45, 7) is 4.92. The van der Waals surface area contributed by atoms with Crippen LogP contribution in [0.2, 0.25) is 0 Å². The van der Waals surface area contributed by atoms with Crippen LogP contribution < -0.4 is 0 Å². The monoisotopic (exact) mass is 345 g/mol. The molecule has 0 aromatic heterocycles. The average Bonchev–Trinajstić information content (AvgIpc) is 2.62. The largest absolute Gasteiger partial charge is 0.381 e. The summed E-state index contributed by atoms with van der Waals surface area (Å²) in [6.07, 6.45) is 7.73. The van der Waals surface area contributed by atoms with Gasteiger partial charge in [-0.3, -0.25) is 0 Å². The molecule has 134 valence electrons. The van der Waals surface area contributed by atoms with Crippen molar-refractivity contribution in [2.45, 2.75) is 57.1 Å². The fourth-order valence-corrected chi connectivity index (χ4v) is 5.85. The van der Waals surface area contributed by atoms with Crippen LogP contribution >= 0.6 is 0 Å². The number of likely N-dealkylation sites (tertiary alicyclic amines) is 1. The van der Waals surface area contributed by atoms with E-state index in [9.17, 15) is 8.42 Å². The van der Waals surface area contributed by atoms with E-state index in [0.717, 1.165) is 25.7 Å². The van der Waals surface area contributed by atoms with Gasteiger partial charge < -0.3 is 9.64 Å². The predicted molar refractivity (Wildman–Crippen MR) is 90.5 cm³/mol. The molecule has 0 atom stereocenters. The van der Waals surface area contributed by atoms with Crippen molar-refractivity contribution < 1.29 is 13.2 Å². The molecule has 0 amide bonds. The molecule has 0 saturated carbocycles. The zero-order valence-electron chi connectivity index (χ0n) is 14.3. The van der Waals surface area contributed by atoms with Crippen LogP contribution in [0.3, 0.4) is 0 Å². The van der Waals surface area contributed by atoms with E-state index in [2.05, 4.69) is 4.90 Å². The second-order valence-corrected chi connectivity index (χ2v) is 9.00. The Morgan fingerprint density at radius 1 is 0.783 bits per heavy atom. The van der Waals surface area contributed by atoms with Gasteiger partial charge >= 0.3 is 0 Å². The van der Waals surface area contributed by atoms with Crippen LogP contribution in [0.4, 0.5) is 0 Å². The number of hydrogen-bond acceptors (Lipinski definition) is 4. The number of methoxy groups -OCH3 is 1. The van der Waals surface area contributed by atoms with Crippen LogP contribution in [0, 0.1) is 0 Å². The first-order valence-electron chi connectivity index (χ1n) is 9.13. The van der Waals surface area contributed by atoms with E-state index in [4.69, 9.17) is 4.74 Å². The minimum atomic E-state index is -3.28. The predicted octanol–water partition coefficient (Wildman–Crippen LogP) is 1.29. The van der Waals surface area contributed by atoms with Crippen molar-refractivity contribution in [2.24, 2.45) is 0 Å². The topological polar surface area (TPSA) is 53.1 Å². The molecule has 23 heavy (non-hydrogen) atoms. The molecule has 3 saturated heterocycles. The van der Waals surface area contributed by atoms with Crippen molar-refractivity contribution in [2.75, 3.05) is 46.4 Å². The van der Waals surface area contributed by atoms with Gasteiger partial charge in [0.05, 0.1) is 6.10 Å². The third-order valence-electron chi connectivity index (χ3n) is 5.72. The van der Waals surface area contributed by atoms with Gasteiger partial charge in [-0.25, -0.2) is 0 Å². The molecule has 0 N–H and O–H groups in total. The van der Waals surface area contributed by atoms with E-state index in [1.54, 1.807) is 15.7 Å². The fourth-order valence-electron chi connectivity index (χ4n) is 4.18. The highest BCUT2D eigenvalue weighted by atomic mass is 32.2. The number of rotatable bonds is 4. The van der Waals surface area contributed by atoms with Crippen molar-refractivity contribution in [3.05, 3.63) is 0 Å². The van der Waals surface area contributed by atoms with Crippen LogP contribution in [-0.2, 0) is 14.9 Å². The lowest BCUT2D eigenvalue weighted by atomic mass is 10.0. The second-order valence-electron chi connectivity index (χ2n) is 7.07. The van der Waals surface area contributed by atoms with Gasteiger partial charge in [-0.15, -0.1) is 0 Å². The van der Waals surface area contributed by atoms with E-state index in [1.807, 2.05) is 0 Å². The van der Waals surface area contributed by atoms with Gasteiger partial charge in [-0.2, -0.15) is 17.0 Å². The second kappa shape index (κ2) is 7.78. The minimum Gasteiger partial charge on any atom is -0.381 e. The molecule has 3 fully saturated rings. The number of piperidine rings is 3. The molecular formula is C16H31N3O3S. The van der Waals surface area contributed by atoms with Gasteiger partial charge in [0, 0.05) is 39.3 Å². The molecule has 3 aliphatic heterocycles. The molecule has 3 heterocycles. The average molecular weight is 346 g/mol. The first kappa shape index (κ1) is 17.6. The summed E-state index contributed by atoms with van der Waals surface area (Å²) < 4.78 is 34.3. The van der Waals surface area contributed by atoms with Gasteiger partial charge in [0.25, 0.3) is 10.2 Å². The molecule has 7 heteroatoms. The summed E-state index contributed by atoms with van der Waals surface area (Å²) in [4.78, 5) is 2.58. The van der Waals surface area contributed by atoms with Crippen LogP contribution in [0.5, 0.6) is 0 Å². The third kappa shape index (κ3) is 4.07. The highest BCUT2D eigenvalue weighted by molar-refractivity contribution is 7.86. The molecule has 0 spiro atoms. The SMILES string of the molecule is COC1CCN(S(=O)(=O)N2CCC(N3CCCCC3)CC2)CC1. The third-order valence-corrected chi connectivity index (χ3v) is 7.75. The molecule has 0 aliphatic carbocycles. The lowest BCUT2D eigenvalue weighted by Gasteiger charge is -2.41. The Hall–Kier alpha value is -0.210. The normalized spacial score (nSPS) is 28.2. The van der Waals surface area contributed by atoms with Gasteiger partial charge in [-0.05, 0) is 51.6 Å². The van der Waals surface area contributed by atoms with E-state index >= 15 is 0 Å². The Balaban J connectivity index is 1.52. The van der Waals surface area contributed by atoms with E-state index in [0.29, 0.717) is 32.2 Å². The molecule has 0 unspecified atom stereocenters. The maximum absolute atomic E-state index is 12.8. The first-order valence-corrected chi connectivity index (χ1v) is 10.5. The van der Waals surface area contributed by atoms with Crippen molar-refractivity contribution in [3.63, 3.8) is 0 Å². The van der Waals surface area contributed by atoms with Crippen molar-refractivity contribution in [1.82, 2.24) is 13.5 Å². The molecule has 0 bridgehead atoms. The Labute approximate surface area is 140 Å². The Morgan fingerprint density at radius 2 is 1.30 bits per heavy atom. The van der Waals surface area contributed by atoms with E-state index in [1.165, 1.54) is 32.4 Å². The molecule has 3 rings (SSSR count).